The van der Waals surface area contributed by atoms with E-state index < -0.39 is 13.0 Å². The summed E-state index contributed by atoms with van der Waals surface area (Å²) < 4.78 is 31.3. The van der Waals surface area contributed by atoms with Crippen LogP contribution in [0.2, 0.25) is 0 Å². The van der Waals surface area contributed by atoms with E-state index in [1.165, 1.54) is 24.7 Å². The number of thiophene rings is 1. The zero-order valence-corrected chi connectivity index (χ0v) is 19.6. The van der Waals surface area contributed by atoms with Gasteiger partial charge in [-0.15, -0.1) is 11.3 Å². The van der Waals surface area contributed by atoms with Crippen LogP contribution in [0.4, 0.5) is 20.3 Å². The van der Waals surface area contributed by atoms with Crippen molar-refractivity contribution in [3.8, 4) is 5.75 Å². The molecule has 11 heteroatoms. The van der Waals surface area contributed by atoms with Crippen LogP contribution >= 0.6 is 11.3 Å². The number of nitrogens with zero attached hydrogens (tertiary/aromatic N) is 4. The molecule has 0 radical (unpaired) electrons. The summed E-state index contributed by atoms with van der Waals surface area (Å²) in [5.74, 6) is 0.818. The topological polar surface area (TPSA) is 96.0 Å². The van der Waals surface area contributed by atoms with Gasteiger partial charge in [-0.1, -0.05) is 0 Å². The van der Waals surface area contributed by atoms with Crippen LogP contribution in [0.15, 0.2) is 24.7 Å². The van der Waals surface area contributed by atoms with Crippen molar-refractivity contribution in [3.63, 3.8) is 0 Å². The predicted octanol–water partition coefficient (Wildman–Crippen LogP) is 4.54. The maximum Gasteiger partial charge on any atom is 0.255 e. The highest BCUT2D eigenvalue weighted by atomic mass is 32.1. The van der Waals surface area contributed by atoms with E-state index in [0.29, 0.717) is 37.4 Å². The number of alkyl halides is 2. The summed E-state index contributed by atoms with van der Waals surface area (Å²) in [5.41, 5.74) is 2.77. The minimum absolute atomic E-state index is 0.234. The van der Waals surface area contributed by atoms with E-state index in [1.807, 2.05) is 19.1 Å². The van der Waals surface area contributed by atoms with E-state index in [4.69, 9.17) is 4.74 Å². The summed E-state index contributed by atoms with van der Waals surface area (Å²) in [6.07, 6.45) is 2.51. The van der Waals surface area contributed by atoms with Crippen LogP contribution in [0.1, 0.15) is 23.8 Å². The van der Waals surface area contributed by atoms with Gasteiger partial charge in [-0.25, -0.2) is 18.7 Å². The molecule has 5 rings (SSSR count). The van der Waals surface area contributed by atoms with E-state index >= 15 is 0 Å². The van der Waals surface area contributed by atoms with E-state index in [9.17, 15) is 13.6 Å². The zero-order chi connectivity index (χ0) is 23.8. The smallest absolute Gasteiger partial charge is 0.255 e. The summed E-state index contributed by atoms with van der Waals surface area (Å²) in [4.78, 5) is 24.7. The van der Waals surface area contributed by atoms with Crippen molar-refractivity contribution >= 4 is 49.9 Å². The lowest BCUT2D eigenvalue weighted by molar-refractivity contribution is -0.136. The van der Waals surface area contributed by atoms with Crippen LogP contribution in [0.5, 0.6) is 5.75 Å². The third-order valence-electron chi connectivity index (χ3n) is 6.08. The first-order chi connectivity index (χ1) is 16.4. The van der Waals surface area contributed by atoms with Gasteiger partial charge in [0.25, 0.3) is 6.43 Å². The number of rotatable bonds is 7. The number of carbonyl (C=O) groups excluding carboxylic acids is 1. The number of amides is 1. The van der Waals surface area contributed by atoms with Crippen molar-refractivity contribution in [2.45, 2.75) is 32.6 Å². The Hall–Kier alpha value is -3.34. The predicted molar refractivity (Wildman–Crippen MR) is 127 cm³/mol. The standard InChI is InChI=1S/C23H24F2N6O2S/c1-3-33-17-8-15-13(9-28-30-15)6-16(17)29-21-20-14-5-4-12(23(32)31(2)10-19(24)25)7-18(14)34-22(20)27-11-26-21/h6,8-9,11-12,19H,3-5,7,10H2,1-2H3,(H,28,30)(H,26,27,29). The lowest BCUT2D eigenvalue weighted by Gasteiger charge is -2.26. The molecule has 1 amide bonds. The third kappa shape index (κ3) is 4.15. The summed E-state index contributed by atoms with van der Waals surface area (Å²) in [6.45, 7) is 1.89. The van der Waals surface area contributed by atoms with Crippen LogP contribution in [-0.4, -0.2) is 57.6 Å². The van der Waals surface area contributed by atoms with Crippen LogP contribution in [0, 0.1) is 5.92 Å². The number of hydrogen-bond acceptors (Lipinski definition) is 7. The Morgan fingerprint density at radius 3 is 3.03 bits per heavy atom. The second kappa shape index (κ2) is 9.13. The molecule has 1 aliphatic carbocycles. The Balaban J connectivity index is 1.47. The van der Waals surface area contributed by atoms with Crippen LogP contribution < -0.4 is 10.1 Å². The monoisotopic (exact) mass is 486 g/mol. The Labute approximate surface area is 198 Å². The number of aromatic amines is 1. The number of carbonyl (C=O) groups is 1. The number of nitrogens with one attached hydrogen (secondary N) is 2. The fourth-order valence-corrected chi connectivity index (χ4v) is 5.76. The highest BCUT2D eigenvalue weighted by Crippen LogP contribution is 2.42. The van der Waals surface area contributed by atoms with Gasteiger partial charge in [0.1, 0.15) is 22.7 Å². The largest absolute Gasteiger partial charge is 0.492 e. The molecule has 1 atom stereocenters. The Kier molecular flexibility index (Phi) is 6.03. The second-order valence-corrected chi connectivity index (χ2v) is 9.40. The molecule has 3 aromatic heterocycles. The van der Waals surface area contributed by atoms with Crippen molar-refractivity contribution in [1.82, 2.24) is 25.1 Å². The molecule has 4 aromatic rings. The Morgan fingerprint density at radius 1 is 1.38 bits per heavy atom. The fourth-order valence-electron chi connectivity index (χ4n) is 4.50. The number of fused-ring (bicyclic) bond motifs is 4. The molecule has 34 heavy (non-hydrogen) atoms. The van der Waals surface area contributed by atoms with E-state index in [0.717, 1.165) is 42.1 Å². The number of ether oxygens (including phenoxy) is 1. The molecular formula is C23H24F2N6O2S. The average Bonchev–Trinajstić information content (AvgIpc) is 3.42. The van der Waals surface area contributed by atoms with Gasteiger partial charge in [0.2, 0.25) is 5.91 Å². The lowest BCUT2D eigenvalue weighted by atomic mass is 9.87. The number of hydrogen-bond donors (Lipinski definition) is 2. The van der Waals surface area contributed by atoms with E-state index in [2.05, 4.69) is 25.5 Å². The van der Waals surface area contributed by atoms with Crippen molar-refractivity contribution in [3.05, 3.63) is 35.1 Å². The van der Waals surface area contributed by atoms with Gasteiger partial charge in [0.15, 0.2) is 0 Å². The number of anilines is 2. The Morgan fingerprint density at radius 2 is 2.24 bits per heavy atom. The molecule has 178 valence electrons. The van der Waals surface area contributed by atoms with Gasteiger partial charge in [0.05, 0.1) is 35.9 Å². The molecule has 0 spiro atoms. The maximum absolute atomic E-state index is 12.7. The average molecular weight is 487 g/mol. The molecule has 3 heterocycles. The molecule has 0 aliphatic heterocycles. The highest BCUT2D eigenvalue weighted by Gasteiger charge is 2.31. The molecule has 8 nitrogen and oxygen atoms in total. The van der Waals surface area contributed by atoms with Crippen LogP contribution in [0.25, 0.3) is 21.1 Å². The van der Waals surface area contributed by atoms with Crippen molar-refractivity contribution in [2.24, 2.45) is 5.92 Å². The van der Waals surface area contributed by atoms with Gasteiger partial charge in [-0.3, -0.25) is 9.89 Å². The minimum atomic E-state index is -2.54. The molecule has 1 aliphatic rings. The summed E-state index contributed by atoms with van der Waals surface area (Å²) >= 11 is 1.53. The number of aromatic nitrogens is 4. The lowest BCUT2D eigenvalue weighted by Crippen LogP contribution is -2.38. The molecule has 0 bridgehead atoms. The summed E-state index contributed by atoms with van der Waals surface area (Å²) in [5, 5.41) is 12.3. The fraction of sp³-hybridized carbons (Fsp3) is 0.391. The van der Waals surface area contributed by atoms with Gasteiger partial charge in [-0.2, -0.15) is 5.10 Å². The minimum Gasteiger partial charge on any atom is -0.492 e. The number of benzene rings is 1. The molecule has 0 fully saturated rings. The van der Waals surface area contributed by atoms with Crippen LogP contribution in [0.3, 0.4) is 0 Å². The Bertz CT molecular complexity index is 1350. The second-order valence-electron chi connectivity index (χ2n) is 8.32. The van der Waals surface area contributed by atoms with Crippen molar-refractivity contribution < 1.29 is 18.3 Å². The third-order valence-corrected chi connectivity index (χ3v) is 7.24. The first kappa shape index (κ1) is 22.5. The van der Waals surface area contributed by atoms with Gasteiger partial charge < -0.3 is 15.0 Å². The van der Waals surface area contributed by atoms with Crippen molar-refractivity contribution in [1.29, 1.82) is 0 Å². The van der Waals surface area contributed by atoms with Gasteiger partial charge in [0, 0.05) is 29.3 Å². The first-order valence-electron chi connectivity index (χ1n) is 11.1. The summed E-state index contributed by atoms with van der Waals surface area (Å²) in [7, 11) is 1.44. The quantitative estimate of drug-likeness (QED) is 0.398. The van der Waals surface area contributed by atoms with E-state index in [-0.39, 0.29) is 11.8 Å². The molecule has 2 N–H and O–H groups in total. The van der Waals surface area contributed by atoms with Crippen molar-refractivity contribution in [2.75, 3.05) is 25.5 Å². The normalized spacial score (nSPS) is 15.6. The number of H-pyrrole nitrogens is 1. The molecule has 0 saturated heterocycles. The van der Waals surface area contributed by atoms with E-state index in [1.54, 1.807) is 6.20 Å². The zero-order valence-electron chi connectivity index (χ0n) is 18.8. The van der Waals surface area contributed by atoms with Gasteiger partial charge >= 0.3 is 0 Å². The van der Waals surface area contributed by atoms with Gasteiger partial charge in [-0.05, 0) is 37.8 Å². The highest BCUT2D eigenvalue weighted by molar-refractivity contribution is 7.19. The number of halogens is 2. The van der Waals surface area contributed by atoms with Crippen LogP contribution in [-0.2, 0) is 17.6 Å². The number of aryl methyl sites for hydroxylation is 1. The first-order valence-corrected chi connectivity index (χ1v) is 11.9. The molecule has 1 unspecified atom stereocenters. The molecular weight excluding hydrogens is 462 g/mol. The summed E-state index contributed by atoms with van der Waals surface area (Å²) in [6, 6.07) is 3.87. The SMILES string of the molecule is CCOc1cc2[nH]ncc2cc1Nc1ncnc2sc3c(c12)CCC(C(=O)N(C)CC(F)F)C3. The molecule has 1 aromatic carbocycles. The molecule has 0 saturated carbocycles. The maximum atomic E-state index is 12.7.